The van der Waals surface area contributed by atoms with Gasteiger partial charge in [-0.15, -0.1) is 0 Å². The molecule has 1 N–H and O–H groups in total. The van der Waals surface area contributed by atoms with Crippen molar-refractivity contribution >= 4 is 34.1 Å². The summed E-state index contributed by atoms with van der Waals surface area (Å²) in [4.78, 5) is 17.5. The Morgan fingerprint density at radius 3 is 2.48 bits per heavy atom. The van der Waals surface area contributed by atoms with Crippen LogP contribution in [0.4, 0.5) is 20.4 Å². The lowest BCUT2D eigenvalue weighted by molar-refractivity contribution is 0.586. The van der Waals surface area contributed by atoms with E-state index in [9.17, 15) is 13.6 Å². The quantitative estimate of drug-likeness (QED) is 0.538. The van der Waals surface area contributed by atoms with Crippen LogP contribution in [0.5, 0.6) is 0 Å². The molecule has 0 aliphatic carbocycles. The Labute approximate surface area is 157 Å². The summed E-state index contributed by atoms with van der Waals surface area (Å²) >= 11 is 6.02. The number of para-hydroxylation sites is 1. The predicted octanol–water partition coefficient (Wildman–Crippen LogP) is 5.06. The van der Waals surface area contributed by atoms with Crippen LogP contribution in [0, 0.1) is 11.6 Å². The van der Waals surface area contributed by atoms with Gasteiger partial charge in [-0.3, -0.25) is 4.79 Å². The SMILES string of the molecule is O=c1c2cc(Cl)ccc2nc(Nc2ccc(F)cc2F)n1-c1ccccc1. The van der Waals surface area contributed by atoms with Crippen molar-refractivity contribution in [3.05, 3.63) is 93.7 Å². The molecule has 1 aromatic heterocycles. The van der Waals surface area contributed by atoms with Gasteiger partial charge in [0.25, 0.3) is 5.56 Å². The summed E-state index contributed by atoms with van der Waals surface area (Å²) in [6.45, 7) is 0. The van der Waals surface area contributed by atoms with Gasteiger partial charge >= 0.3 is 0 Å². The average Bonchev–Trinajstić information content (AvgIpc) is 2.65. The van der Waals surface area contributed by atoms with E-state index in [-0.39, 0.29) is 17.2 Å². The Hall–Kier alpha value is -3.25. The van der Waals surface area contributed by atoms with Gasteiger partial charge in [0, 0.05) is 11.1 Å². The van der Waals surface area contributed by atoms with E-state index in [4.69, 9.17) is 11.6 Å². The normalized spacial score (nSPS) is 10.9. The maximum Gasteiger partial charge on any atom is 0.267 e. The van der Waals surface area contributed by atoms with Crippen molar-refractivity contribution < 1.29 is 8.78 Å². The monoisotopic (exact) mass is 383 g/mol. The summed E-state index contributed by atoms with van der Waals surface area (Å²) in [6.07, 6.45) is 0. The molecule has 0 spiro atoms. The molecule has 0 amide bonds. The molecular formula is C20H12ClF2N3O. The largest absolute Gasteiger partial charge is 0.323 e. The molecule has 134 valence electrons. The molecule has 0 atom stereocenters. The predicted molar refractivity (Wildman–Crippen MR) is 102 cm³/mol. The number of anilines is 2. The van der Waals surface area contributed by atoms with Crippen molar-refractivity contribution in [2.75, 3.05) is 5.32 Å². The fourth-order valence-corrected chi connectivity index (χ4v) is 2.94. The number of halogens is 3. The van der Waals surface area contributed by atoms with Crippen molar-refractivity contribution in [1.82, 2.24) is 9.55 Å². The zero-order chi connectivity index (χ0) is 19.0. The number of nitrogens with one attached hydrogen (secondary N) is 1. The molecule has 4 nitrogen and oxygen atoms in total. The highest BCUT2D eigenvalue weighted by molar-refractivity contribution is 6.31. The lowest BCUT2D eigenvalue weighted by Gasteiger charge is -2.15. The van der Waals surface area contributed by atoms with E-state index in [1.165, 1.54) is 16.7 Å². The number of benzene rings is 3. The average molecular weight is 384 g/mol. The van der Waals surface area contributed by atoms with Crippen molar-refractivity contribution in [3.8, 4) is 5.69 Å². The Morgan fingerprint density at radius 1 is 0.963 bits per heavy atom. The highest BCUT2D eigenvalue weighted by atomic mass is 35.5. The first kappa shape index (κ1) is 17.2. The van der Waals surface area contributed by atoms with Crippen molar-refractivity contribution in [1.29, 1.82) is 0 Å². The number of rotatable bonds is 3. The fraction of sp³-hybridized carbons (Fsp3) is 0. The fourth-order valence-electron chi connectivity index (χ4n) is 2.77. The smallest absolute Gasteiger partial charge is 0.267 e. The number of hydrogen-bond donors (Lipinski definition) is 1. The summed E-state index contributed by atoms with van der Waals surface area (Å²) in [5.41, 5.74) is 0.587. The van der Waals surface area contributed by atoms with Crippen LogP contribution in [0.25, 0.3) is 16.6 Å². The molecule has 3 aromatic carbocycles. The summed E-state index contributed by atoms with van der Waals surface area (Å²) < 4.78 is 28.6. The molecule has 1 heterocycles. The minimum absolute atomic E-state index is 0.00120. The van der Waals surface area contributed by atoms with Crippen LogP contribution in [0.1, 0.15) is 0 Å². The van der Waals surface area contributed by atoms with E-state index in [2.05, 4.69) is 10.3 Å². The highest BCUT2D eigenvalue weighted by Gasteiger charge is 2.15. The van der Waals surface area contributed by atoms with Gasteiger partial charge in [0.1, 0.15) is 11.6 Å². The lowest BCUT2D eigenvalue weighted by Crippen LogP contribution is -2.23. The molecule has 0 saturated heterocycles. The third-order valence-electron chi connectivity index (χ3n) is 4.02. The van der Waals surface area contributed by atoms with Gasteiger partial charge in [0.15, 0.2) is 0 Å². The molecule has 0 radical (unpaired) electrons. The molecule has 4 rings (SSSR count). The molecule has 0 unspecified atom stereocenters. The minimum Gasteiger partial charge on any atom is -0.323 e. The summed E-state index contributed by atoms with van der Waals surface area (Å²) in [5.74, 6) is -1.38. The molecule has 4 aromatic rings. The van der Waals surface area contributed by atoms with Crippen LogP contribution in [0.3, 0.4) is 0 Å². The van der Waals surface area contributed by atoms with Gasteiger partial charge in [0.05, 0.1) is 22.3 Å². The maximum absolute atomic E-state index is 14.1. The molecule has 27 heavy (non-hydrogen) atoms. The Balaban J connectivity index is 1.98. The maximum atomic E-state index is 14.1. The molecule has 0 fully saturated rings. The number of fused-ring (bicyclic) bond motifs is 1. The van der Waals surface area contributed by atoms with Crippen LogP contribution >= 0.6 is 11.6 Å². The van der Waals surface area contributed by atoms with E-state index in [1.54, 1.807) is 36.4 Å². The first-order valence-electron chi connectivity index (χ1n) is 8.03. The molecule has 0 aliphatic heterocycles. The topological polar surface area (TPSA) is 46.9 Å². The van der Waals surface area contributed by atoms with Gasteiger partial charge < -0.3 is 5.32 Å². The molecular weight excluding hydrogens is 372 g/mol. The Morgan fingerprint density at radius 2 is 1.74 bits per heavy atom. The minimum atomic E-state index is -0.792. The molecule has 0 aliphatic rings. The van der Waals surface area contributed by atoms with Gasteiger partial charge in [-0.25, -0.2) is 18.3 Å². The third-order valence-corrected chi connectivity index (χ3v) is 4.26. The van der Waals surface area contributed by atoms with Crippen molar-refractivity contribution in [2.45, 2.75) is 0 Å². The second kappa shape index (κ2) is 6.81. The number of hydrogen-bond acceptors (Lipinski definition) is 3. The van der Waals surface area contributed by atoms with Crippen molar-refractivity contribution in [2.24, 2.45) is 0 Å². The zero-order valence-corrected chi connectivity index (χ0v) is 14.5. The van der Waals surface area contributed by atoms with Gasteiger partial charge in [-0.2, -0.15) is 0 Å². The second-order valence-corrected chi connectivity index (χ2v) is 6.26. The third kappa shape index (κ3) is 3.27. The summed E-state index contributed by atoms with van der Waals surface area (Å²) in [6, 6.07) is 16.7. The second-order valence-electron chi connectivity index (χ2n) is 5.82. The Kier molecular flexibility index (Phi) is 4.33. The van der Waals surface area contributed by atoms with Crippen LogP contribution in [0.15, 0.2) is 71.5 Å². The first-order chi connectivity index (χ1) is 13.0. The molecule has 0 bridgehead atoms. The van der Waals surface area contributed by atoms with E-state index < -0.39 is 11.6 Å². The summed E-state index contributed by atoms with van der Waals surface area (Å²) in [5, 5.41) is 3.53. The van der Waals surface area contributed by atoms with E-state index in [1.807, 2.05) is 6.07 Å². The molecule has 7 heteroatoms. The van der Waals surface area contributed by atoms with Crippen LogP contribution in [-0.4, -0.2) is 9.55 Å². The van der Waals surface area contributed by atoms with Crippen molar-refractivity contribution in [3.63, 3.8) is 0 Å². The van der Waals surface area contributed by atoms with Gasteiger partial charge in [-0.1, -0.05) is 29.8 Å². The number of aromatic nitrogens is 2. The van der Waals surface area contributed by atoms with Crippen LogP contribution in [-0.2, 0) is 0 Å². The molecule has 0 saturated carbocycles. The van der Waals surface area contributed by atoms with E-state index >= 15 is 0 Å². The summed E-state index contributed by atoms with van der Waals surface area (Å²) in [7, 11) is 0. The van der Waals surface area contributed by atoms with Crippen LogP contribution in [0.2, 0.25) is 5.02 Å². The standard InChI is InChI=1S/C20H12ClF2N3O/c21-12-6-8-17-15(10-12)19(27)26(14-4-2-1-3-5-14)20(24-17)25-18-9-7-13(22)11-16(18)23/h1-11H,(H,24,25). The zero-order valence-electron chi connectivity index (χ0n) is 13.8. The highest BCUT2D eigenvalue weighted by Crippen LogP contribution is 2.23. The van der Waals surface area contributed by atoms with E-state index in [0.717, 1.165) is 12.1 Å². The van der Waals surface area contributed by atoms with Gasteiger partial charge in [-0.05, 0) is 42.5 Å². The van der Waals surface area contributed by atoms with E-state index in [0.29, 0.717) is 21.6 Å². The lowest BCUT2D eigenvalue weighted by atomic mass is 10.2. The Bertz CT molecular complexity index is 1210. The first-order valence-corrected chi connectivity index (χ1v) is 8.40. The van der Waals surface area contributed by atoms with Gasteiger partial charge in [0.2, 0.25) is 5.95 Å². The number of nitrogens with zero attached hydrogens (tertiary/aromatic N) is 2. The van der Waals surface area contributed by atoms with Crippen LogP contribution < -0.4 is 10.9 Å².